The van der Waals surface area contributed by atoms with Gasteiger partial charge in [0.2, 0.25) is 0 Å². The molecule has 0 N–H and O–H groups in total. The minimum absolute atomic E-state index is 0.0940. The van der Waals surface area contributed by atoms with Crippen LogP contribution in [0.15, 0.2) is 60.8 Å². The first-order chi connectivity index (χ1) is 27.5. The van der Waals surface area contributed by atoms with Gasteiger partial charge < -0.3 is 14.2 Å². The number of ether oxygens (including phenoxy) is 3. The maximum absolute atomic E-state index is 12.7. The Bertz CT molecular complexity index is 1040. The van der Waals surface area contributed by atoms with E-state index < -0.39 is 6.10 Å². The van der Waals surface area contributed by atoms with Crippen molar-refractivity contribution in [3.05, 3.63) is 60.8 Å². The van der Waals surface area contributed by atoms with Crippen LogP contribution >= 0.6 is 0 Å². The topological polar surface area (TPSA) is 78.9 Å². The van der Waals surface area contributed by atoms with Gasteiger partial charge in [0.15, 0.2) is 6.10 Å². The molecule has 0 amide bonds. The van der Waals surface area contributed by atoms with Crippen molar-refractivity contribution in [2.75, 3.05) is 13.2 Å². The maximum Gasteiger partial charge on any atom is 0.306 e. The number of hydrogen-bond acceptors (Lipinski definition) is 6. The van der Waals surface area contributed by atoms with E-state index in [-0.39, 0.29) is 31.1 Å². The SMILES string of the molecule is CCCCC\C=C/C=C\C=C/C=C\CCCCCCCC(=O)OCC(COC(=O)CCC/C=C\CCCCCC)OC(=O)CCCCCCCCCCCCC. The Morgan fingerprint density at radius 2 is 0.679 bits per heavy atom. The lowest BCUT2D eigenvalue weighted by Crippen LogP contribution is -2.30. The van der Waals surface area contributed by atoms with Gasteiger partial charge in [-0.15, -0.1) is 0 Å². The third-order valence-electron chi connectivity index (χ3n) is 9.84. The van der Waals surface area contributed by atoms with Crippen LogP contribution < -0.4 is 0 Å². The van der Waals surface area contributed by atoms with Crippen LogP contribution in [-0.4, -0.2) is 37.2 Å². The summed E-state index contributed by atoms with van der Waals surface area (Å²) in [5.41, 5.74) is 0. The second kappa shape index (κ2) is 44.8. The van der Waals surface area contributed by atoms with E-state index in [9.17, 15) is 14.4 Å². The highest BCUT2D eigenvalue weighted by molar-refractivity contribution is 5.71. The van der Waals surface area contributed by atoms with Gasteiger partial charge in [-0.1, -0.05) is 197 Å². The first kappa shape index (κ1) is 53.1. The molecule has 56 heavy (non-hydrogen) atoms. The summed E-state index contributed by atoms with van der Waals surface area (Å²) in [5, 5.41) is 0. The van der Waals surface area contributed by atoms with E-state index in [0.29, 0.717) is 25.7 Å². The van der Waals surface area contributed by atoms with Gasteiger partial charge in [0, 0.05) is 19.3 Å². The maximum atomic E-state index is 12.7. The zero-order valence-corrected chi connectivity index (χ0v) is 36.6. The van der Waals surface area contributed by atoms with E-state index >= 15 is 0 Å². The van der Waals surface area contributed by atoms with Gasteiger partial charge in [0.25, 0.3) is 0 Å². The molecule has 0 heterocycles. The van der Waals surface area contributed by atoms with E-state index in [4.69, 9.17) is 14.2 Å². The van der Waals surface area contributed by atoms with Gasteiger partial charge in [0.05, 0.1) is 0 Å². The molecule has 0 saturated carbocycles. The minimum Gasteiger partial charge on any atom is -0.462 e. The van der Waals surface area contributed by atoms with Crippen molar-refractivity contribution in [2.24, 2.45) is 0 Å². The molecule has 0 aromatic rings. The molecule has 0 fully saturated rings. The largest absolute Gasteiger partial charge is 0.462 e. The Kier molecular flexibility index (Phi) is 42.5. The van der Waals surface area contributed by atoms with E-state index in [0.717, 1.165) is 77.0 Å². The Balaban J connectivity index is 4.40. The Morgan fingerprint density at radius 3 is 1.18 bits per heavy atom. The molecule has 1 atom stereocenters. The fourth-order valence-electron chi connectivity index (χ4n) is 6.28. The number of carbonyl (C=O) groups is 3. The number of hydrogen-bond donors (Lipinski definition) is 0. The summed E-state index contributed by atoms with van der Waals surface area (Å²) in [7, 11) is 0. The van der Waals surface area contributed by atoms with Crippen LogP contribution in [0.2, 0.25) is 0 Å². The first-order valence-corrected chi connectivity index (χ1v) is 23.3. The Morgan fingerprint density at radius 1 is 0.357 bits per heavy atom. The molecule has 0 aliphatic carbocycles. The first-order valence-electron chi connectivity index (χ1n) is 23.3. The van der Waals surface area contributed by atoms with Gasteiger partial charge in [-0.2, -0.15) is 0 Å². The van der Waals surface area contributed by atoms with E-state index in [1.807, 2.05) is 0 Å². The normalized spacial score (nSPS) is 12.6. The highest BCUT2D eigenvalue weighted by Crippen LogP contribution is 2.14. The van der Waals surface area contributed by atoms with Crippen molar-refractivity contribution in [1.29, 1.82) is 0 Å². The molecule has 0 aliphatic heterocycles. The lowest BCUT2D eigenvalue weighted by Gasteiger charge is -2.18. The molecule has 1 unspecified atom stereocenters. The Hall–Kier alpha value is -2.89. The van der Waals surface area contributed by atoms with Crippen LogP contribution in [0.5, 0.6) is 0 Å². The third kappa shape index (κ3) is 42.3. The van der Waals surface area contributed by atoms with Crippen molar-refractivity contribution >= 4 is 17.9 Å². The third-order valence-corrected chi connectivity index (χ3v) is 9.84. The molecule has 0 spiro atoms. The summed E-state index contributed by atoms with van der Waals surface area (Å²) in [4.78, 5) is 37.7. The van der Waals surface area contributed by atoms with Crippen molar-refractivity contribution in [3.8, 4) is 0 Å². The second-order valence-electron chi connectivity index (χ2n) is 15.4. The van der Waals surface area contributed by atoms with Crippen molar-refractivity contribution < 1.29 is 28.6 Å². The van der Waals surface area contributed by atoms with E-state index in [2.05, 4.69) is 81.5 Å². The van der Waals surface area contributed by atoms with Crippen molar-refractivity contribution in [3.63, 3.8) is 0 Å². The number of rotatable bonds is 41. The molecule has 0 radical (unpaired) electrons. The average Bonchev–Trinajstić information content (AvgIpc) is 3.19. The molecule has 6 heteroatoms. The zero-order valence-electron chi connectivity index (χ0n) is 36.6. The summed E-state index contributed by atoms with van der Waals surface area (Å²) < 4.78 is 16.6. The van der Waals surface area contributed by atoms with E-state index in [1.54, 1.807) is 0 Å². The summed E-state index contributed by atoms with van der Waals surface area (Å²) >= 11 is 0. The minimum atomic E-state index is -0.790. The highest BCUT2D eigenvalue weighted by Gasteiger charge is 2.19. The van der Waals surface area contributed by atoms with Crippen LogP contribution in [0, 0.1) is 0 Å². The van der Waals surface area contributed by atoms with Gasteiger partial charge in [-0.05, 0) is 64.2 Å². The number of unbranched alkanes of at least 4 members (excludes halogenated alkanes) is 23. The monoisotopic (exact) mass is 783 g/mol. The summed E-state index contributed by atoms with van der Waals surface area (Å²) in [6.07, 6.45) is 53.5. The summed E-state index contributed by atoms with van der Waals surface area (Å²) in [5.74, 6) is -0.953. The van der Waals surface area contributed by atoms with Crippen LogP contribution in [0.25, 0.3) is 0 Å². The van der Waals surface area contributed by atoms with Gasteiger partial charge in [-0.25, -0.2) is 0 Å². The quantitative estimate of drug-likeness (QED) is 0.0202. The lowest BCUT2D eigenvalue weighted by atomic mass is 10.1. The van der Waals surface area contributed by atoms with Crippen LogP contribution in [0.3, 0.4) is 0 Å². The Labute approximate surface area is 345 Å². The van der Waals surface area contributed by atoms with Gasteiger partial charge >= 0.3 is 17.9 Å². The zero-order chi connectivity index (χ0) is 40.8. The van der Waals surface area contributed by atoms with Gasteiger partial charge in [-0.3, -0.25) is 14.4 Å². The highest BCUT2D eigenvalue weighted by atomic mass is 16.6. The molecule has 0 saturated heterocycles. The van der Waals surface area contributed by atoms with Crippen LogP contribution in [-0.2, 0) is 28.6 Å². The van der Waals surface area contributed by atoms with E-state index in [1.165, 1.54) is 96.3 Å². The molecular formula is C50H86O6. The molecule has 322 valence electrons. The molecule has 0 bridgehead atoms. The second-order valence-corrected chi connectivity index (χ2v) is 15.4. The van der Waals surface area contributed by atoms with Gasteiger partial charge in [0.1, 0.15) is 13.2 Å². The van der Waals surface area contributed by atoms with Crippen LogP contribution in [0.1, 0.15) is 220 Å². The molecule has 0 aromatic carbocycles. The fraction of sp³-hybridized carbons (Fsp3) is 0.740. The summed E-state index contributed by atoms with van der Waals surface area (Å²) in [6, 6.07) is 0. The fourth-order valence-corrected chi connectivity index (χ4v) is 6.28. The molecule has 0 aromatic heterocycles. The molecule has 0 aliphatic rings. The predicted octanol–water partition coefficient (Wildman–Crippen LogP) is 14.9. The molecular weight excluding hydrogens is 697 g/mol. The number of esters is 3. The number of carbonyl (C=O) groups excluding carboxylic acids is 3. The molecule has 0 rings (SSSR count). The smallest absolute Gasteiger partial charge is 0.306 e. The molecule has 6 nitrogen and oxygen atoms in total. The predicted molar refractivity (Wildman–Crippen MR) is 238 cm³/mol. The number of allylic oxidation sites excluding steroid dienone is 10. The lowest BCUT2D eigenvalue weighted by molar-refractivity contribution is -0.167. The summed E-state index contributed by atoms with van der Waals surface area (Å²) in [6.45, 7) is 6.50. The van der Waals surface area contributed by atoms with Crippen LogP contribution in [0.4, 0.5) is 0 Å². The van der Waals surface area contributed by atoms with Crippen molar-refractivity contribution in [1.82, 2.24) is 0 Å². The average molecular weight is 783 g/mol. The standard InChI is InChI=1S/C50H86O6/c1-4-7-10-13-16-19-21-22-23-24-25-26-27-29-31-34-37-40-43-49(52)55-46-47(45-54-48(51)42-39-36-33-30-18-15-12-9-6-3)56-50(53)44-41-38-35-32-28-20-17-14-11-8-5-2/h16,19,21-26,30,33,47H,4-15,17-18,20,27-29,31-32,34-46H2,1-3H3/b19-16-,22-21-,24-23-,26-25-,33-30-. The van der Waals surface area contributed by atoms with Crippen molar-refractivity contribution in [2.45, 2.75) is 226 Å².